The molecule has 112 valence electrons. The van der Waals surface area contributed by atoms with Crippen molar-refractivity contribution in [3.63, 3.8) is 0 Å². The first-order valence-electron chi connectivity index (χ1n) is 6.78. The Kier molecular flexibility index (Phi) is 4.24. The highest BCUT2D eigenvalue weighted by Crippen LogP contribution is 2.19. The number of nitrogens with zero attached hydrogens (tertiary/aromatic N) is 3. The molecule has 3 aromatic rings. The lowest BCUT2D eigenvalue weighted by Gasteiger charge is -2.03. The lowest BCUT2D eigenvalue weighted by molar-refractivity contribution is -0.116. The summed E-state index contributed by atoms with van der Waals surface area (Å²) in [5.74, 6) is 1.42. The number of amides is 1. The number of thiophene rings is 1. The first-order chi connectivity index (χ1) is 10.7. The fraction of sp³-hybridized carbons (Fsp3) is 0.200. The van der Waals surface area contributed by atoms with Gasteiger partial charge >= 0.3 is 0 Å². The summed E-state index contributed by atoms with van der Waals surface area (Å²) >= 11 is 1.57. The Morgan fingerprint density at radius 2 is 2.32 bits per heavy atom. The molecule has 0 fully saturated rings. The molecule has 0 bridgehead atoms. The molecule has 1 N–H and O–H groups in total. The van der Waals surface area contributed by atoms with Crippen LogP contribution in [0.1, 0.15) is 17.9 Å². The zero-order chi connectivity index (χ0) is 15.4. The van der Waals surface area contributed by atoms with Crippen LogP contribution in [0, 0.1) is 6.92 Å². The fourth-order valence-electron chi connectivity index (χ4n) is 1.90. The van der Waals surface area contributed by atoms with E-state index in [1.54, 1.807) is 17.5 Å². The van der Waals surface area contributed by atoms with Crippen LogP contribution < -0.4 is 5.32 Å². The third kappa shape index (κ3) is 3.56. The highest BCUT2D eigenvalue weighted by Gasteiger charge is 2.11. The van der Waals surface area contributed by atoms with E-state index in [4.69, 9.17) is 4.52 Å². The summed E-state index contributed by atoms with van der Waals surface area (Å²) in [5.41, 5.74) is 1.97. The Labute approximate surface area is 131 Å². The van der Waals surface area contributed by atoms with E-state index in [1.807, 2.05) is 35.9 Å². The molecular weight excluding hydrogens is 300 g/mol. The van der Waals surface area contributed by atoms with E-state index in [1.165, 1.54) is 0 Å². The van der Waals surface area contributed by atoms with Crippen LogP contribution in [0.4, 0.5) is 5.82 Å². The molecule has 0 atom stereocenters. The van der Waals surface area contributed by atoms with Gasteiger partial charge in [-0.15, -0.1) is 0 Å². The minimum atomic E-state index is -0.131. The van der Waals surface area contributed by atoms with E-state index < -0.39 is 0 Å². The van der Waals surface area contributed by atoms with Crippen LogP contribution in [0.5, 0.6) is 0 Å². The highest BCUT2D eigenvalue weighted by atomic mass is 32.1. The maximum Gasteiger partial charge on any atom is 0.227 e. The van der Waals surface area contributed by atoms with Gasteiger partial charge in [0.15, 0.2) is 0 Å². The van der Waals surface area contributed by atoms with Gasteiger partial charge in [0, 0.05) is 30.0 Å². The van der Waals surface area contributed by atoms with Crippen LogP contribution in [0.15, 0.2) is 39.7 Å². The number of anilines is 1. The molecule has 0 unspecified atom stereocenters. The van der Waals surface area contributed by atoms with Crippen LogP contribution in [0.3, 0.4) is 0 Å². The summed E-state index contributed by atoms with van der Waals surface area (Å²) in [6.45, 7) is 1.95. The normalized spacial score (nSPS) is 10.6. The largest absolute Gasteiger partial charge is 0.339 e. The van der Waals surface area contributed by atoms with Crippen molar-refractivity contribution < 1.29 is 9.32 Å². The molecule has 0 saturated heterocycles. The van der Waals surface area contributed by atoms with Crippen molar-refractivity contribution in [3.05, 3.63) is 46.6 Å². The van der Waals surface area contributed by atoms with Gasteiger partial charge in [-0.25, -0.2) is 4.98 Å². The Hall–Kier alpha value is -2.54. The number of aryl methyl sites for hydroxylation is 2. The molecule has 3 heterocycles. The summed E-state index contributed by atoms with van der Waals surface area (Å²) in [7, 11) is 0. The number of rotatable bonds is 5. The van der Waals surface area contributed by atoms with Crippen molar-refractivity contribution in [2.45, 2.75) is 19.8 Å². The molecule has 0 aromatic carbocycles. The second-order valence-electron chi connectivity index (χ2n) is 4.79. The minimum absolute atomic E-state index is 0.131. The van der Waals surface area contributed by atoms with Crippen LogP contribution in [-0.4, -0.2) is 21.0 Å². The first-order valence-corrected chi connectivity index (χ1v) is 7.72. The van der Waals surface area contributed by atoms with E-state index in [9.17, 15) is 4.79 Å². The molecule has 3 aromatic heterocycles. The van der Waals surface area contributed by atoms with Gasteiger partial charge in [0.2, 0.25) is 17.6 Å². The van der Waals surface area contributed by atoms with Crippen LogP contribution in [0.2, 0.25) is 0 Å². The van der Waals surface area contributed by atoms with Crippen molar-refractivity contribution in [3.8, 4) is 11.4 Å². The summed E-state index contributed by atoms with van der Waals surface area (Å²) < 4.78 is 5.16. The van der Waals surface area contributed by atoms with Gasteiger partial charge in [0.05, 0.1) is 0 Å². The van der Waals surface area contributed by atoms with E-state index in [2.05, 4.69) is 20.4 Å². The molecule has 0 saturated carbocycles. The second-order valence-corrected chi connectivity index (χ2v) is 5.57. The maximum atomic E-state index is 11.9. The van der Waals surface area contributed by atoms with Gasteiger partial charge in [0.25, 0.3) is 0 Å². The van der Waals surface area contributed by atoms with Crippen LogP contribution >= 0.6 is 11.3 Å². The van der Waals surface area contributed by atoms with Crippen molar-refractivity contribution in [2.24, 2.45) is 0 Å². The molecule has 7 heteroatoms. The molecule has 0 aliphatic heterocycles. The second kappa shape index (κ2) is 6.48. The predicted molar refractivity (Wildman–Crippen MR) is 83.5 cm³/mol. The molecule has 0 spiro atoms. The fourth-order valence-corrected chi connectivity index (χ4v) is 2.53. The van der Waals surface area contributed by atoms with E-state index in [0.29, 0.717) is 24.0 Å². The zero-order valence-corrected chi connectivity index (χ0v) is 12.8. The number of carbonyl (C=O) groups excluding carboxylic acids is 1. The Morgan fingerprint density at radius 1 is 1.41 bits per heavy atom. The van der Waals surface area contributed by atoms with Gasteiger partial charge in [-0.2, -0.15) is 16.3 Å². The topological polar surface area (TPSA) is 80.9 Å². The number of hydrogen-bond donors (Lipinski definition) is 1. The summed E-state index contributed by atoms with van der Waals surface area (Å²) in [4.78, 5) is 20.3. The van der Waals surface area contributed by atoms with Crippen molar-refractivity contribution in [1.29, 1.82) is 0 Å². The standard InChI is InChI=1S/C15H14N4O2S/c1-10-4-6-16-12(8-10)17-13(20)2-3-14-18-15(19-21-14)11-5-7-22-9-11/h4-9H,2-3H2,1H3,(H,16,17,20). The molecule has 0 aliphatic carbocycles. The number of nitrogens with one attached hydrogen (secondary N) is 1. The van der Waals surface area contributed by atoms with Gasteiger partial charge in [-0.1, -0.05) is 5.16 Å². The van der Waals surface area contributed by atoms with Crippen molar-refractivity contribution in [1.82, 2.24) is 15.1 Å². The molecule has 0 aliphatic rings. The Bertz CT molecular complexity index is 767. The average Bonchev–Trinajstić information content (AvgIpc) is 3.16. The van der Waals surface area contributed by atoms with E-state index in [-0.39, 0.29) is 12.3 Å². The highest BCUT2D eigenvalue weighted by molar-refractivity contribution is 7.08. The Morgan fingerprint density at radius 3 is 3.09 bits per heavy atom. The maximum absolute atomic E-state index is 11.9. The number of pyridine rings is 1. The smallest absolute Gasteiger partial charge is 0.227 e. The molecule has 0 radical (unpaired) electrons. The van der Waals surface area contributed by atoms with Gasteiger partial charge in [-0.3, -0.25) is 4.79 Å². The Balaban J connectivity index is 1.55. The quantitative estimate of drug-likeness (QED) is 0.782. The third-order valence-electron chi connectivity index (χ3n) is 3.00. The molecule has 6 nitrogen and oxygen atoms in total. The monoisotopic (exact) mass is 314 g/mol. The summed E-state index contributed by atoms with van der Waals surface area (Å²) in [6, 6.07) is 5.62. The third-order valence-corrected chi connectivity index (χ3v) is 3.68. The van der Waals surface area contributed by atoms with E-state index in [0.717, 1.165) is 11.1 Å². The number of aromatic nitrogens is 3. The van der Waals surface area contributed by atoms with Gasteiger partial charge < -0.3 is 9.84 Å². The zero-order valence-electron chi connectivity index (χ0n) is 11.9. The van der Waals surface area contributed by atoms with Gasteiger partial charge in [-0.05, 0) is 36.1 Å². The average molecular weight is 314 g/mol. The van der Waals surface area contributed by atoms with Crippen molar-refractivity contribution >= 4 is 23.1 Å². The SMILES string of the molecule is Cc1ccnc(NC(=O)CCc2nc(-c3ccsc3)no2)c1. The van der Waals surface area contributed by atoms with Gasteiger partial charge in [0.1, 0.15) is 5.82 Å². The minimum Gasteiger partial charge on any atom is -0.339 e. The lowest BCUT2D eigenvalue weighted by Crippen LogP contribution is -2.13. The van der Waals surface area contributed by atoms with Crippen LogP contribution in [-0.2, 0) is 11.2 Å². The first kappa shape index (κ1) is 14.4. The number of hydrogen-bond acceptors (Lipinski definition) is 6. The van der Waals surface area contributed by atoms with E-state index >= 15 is 0 Å². The molecule has 3 rings (SSSR count). The van der Waals surface area contributed by atoms with Crippen LogP contribution in [0.25, 0.3) is 11.4 Å². The van der Waals surface area contributed by atoms with Crippen molar-refractivity contribution in [2.75, 3.05) is 5.32 Å². The molecular formula is C15H14N4O2S. The number of carbonyl (C=O) groups is 1. The lowest BCUT2D eigenvalue weighted by atomic mass is 10.2. The molecule has 22 heavy (non-hydrogen) atoms. The molecule has 1 amide bonds. The summed E-state index contributed by atoms with van der Waals surface area (Å²) in [6.07, 6.45) is 2.33. The summed E-state index contributed by atoms with van der Waals surface area (Å²) in [5, 5.41) is 10.6. The predicted octanol–water partition coefficient (Wildman–Crippen LogP) is 3.07.